The van der Waals surface area contributed by atoms with Crippen molar-refractivity contribution in [2.45, 2.75) is 44.9 Å². The average molecular weight is 426 g/mol. The number of benzene rings is 2. The van der Waals surface area contributed by atoms with Gasteiger partial charge >= 0.3 is 0 Å². The van der Waals surface area contributed by atoms with E-state index >= 15 is 0 Å². The maximum Gasteiger partial charge on any atom is 0.196 e. The van der Waals surface area contributed by atoms with Crippen molar-refractivity contribution in [1.29, 1.82) is 0 Å². The van der Waals surface area contributed by atoms with Gasteiger partial charge in [-0.05, 0) is 56.5 Å². The third-order valence-corrected chi connectivity index (χ3v) is 6.74. The van der Waals surface area contributed by atoms with Crippen LogP contribution in [-0.4, -0.2) is 44.4 Å². The van der Waals surface area contributed by atoms with Gasteiger partial charge in [0.25, 0.3) is 0 Å². The van der Waals surface area contributed by atoms with Crippen molar-refractivity contribution in [3.63, 3.8) is 0 Å². The Hall–Kier alpha value is -2.21. The van der Waals surface area contributed by atoms with Crippen molar-refractivity contribution >= 4 is 0 Å². The summed E-state index contributed by atoms with van der Waals surface area (Å²) in [5.41, 5.74) is 5.12. The highest BCUT2D eigenvalue weighted by Gasteiger charge is 2.39. The molecule has 1 saturated heterocycles. The van der Waals surface area contributed by atoms with Crippen LogP contribution in [0.25, 0.3) is 0 Å². The zero-order valence-electron chi connectivity index (χ0n) is 18.7. The minimum atomic E-state index is -0.789. The summed E-state index contributed by atoms with van der Waals surface area (Å²) >= 11 is 0. The molecule has 0 spiro atoms. The fourth-order valence-electron chi connectivity index (χ4n) is 4.66. The van der Waals surface area contributed by atoms with Crippen LogP contribution >= 0.6 is 0 Å². The van der Waals surface area contributed by atoms with E-state index in [-0.39, 0.29) is 5.82 Å². The van der Waals surface area contributed by atoms with E-state index in [2.05, 4.69) is 30.9 Å². The Labute approximate surface area is 184 Å². The molecule has 2 aliphatic heterocycles. The summed E-state index contributed by atoms with van der Waals surface area (Å²) in [6.07, 6.45) is 2.75. The highest BCUT2D eigenvalue weighted by molar-refractivity contribution is 5.30. The summed E-state index contributed by atoms with van der Waals surface area (Å²) < 4.78 is 30.9. The Morgan fingerprint density at radius 2 is 1.71 bits per heavy atom. The molecule has 2 aromatic rings. The van der Waals surface area contributed by atoms with Crippen molar-refractivity contribution in [2.24, 2.45) is 0 Å². The standard InChI is InChI=1S/C26H32FNO3/c1-19-12-14-28(25(20(19)2)18-21-4-10-24(29-3)11-5-21)15-13-26(30-16-17-31-26)22-6-8-23(27)9-7-22/h4-11,25H,12-18H2,1-3H3. The molecule has 0 amide bonds. The predicted molar refractivity (Wildman–Crippen MR) is 120 cm³/mol. The molecular weight excluding hydrogens is 393 g/mol. The molecule has 0 N–H and O–H groups in total. The molecule has 0 saturated carbocycles. The van der Waals surface area contributed by atoms with E-state index in [1.54, 1.807) is 19.2 Å². The molecule has 2 aliphatic rings. The van der Waals surface area contributed by atoms with Crippen LogP contribution < -0.4 is 4.74 Å². The van der Waals surface area contributed by atoms with Crippen LogP contribution in [0.15, 0.2) is 59.7 Å². The first-order valence-corrected chi connectivity index (χ1v) is 11.1. The minimum Gasteiger partial charge on any atom is -0.497 e. The highest BCUT2D eigenvalue weighted by atomic mass is 19.1. The summed E-state index contributed by atoms with van der Waals surface area (Å²) in [6.45, 7) is 7.49. The molecule has 4 rings (SSSR count). The largest absolute Gasteiger partial charge is 0.497 e. The van der Waals surface area contributed by atoms with Gasteiger partial charge in [0.05, 0.1) is 20.3 Å². The first kappa shape index (κ1) is 22.0. The van der Waals surface area contributed by atoms with E-state index < -0.39 is 5.79 Å². The third-order valence-electron chi connectivity index (χ3n) is 6.74. The SMILES string of the molecule is COc1ccc(CC2C(C)=C(C)CCN2CCC2(c3ccc(F)cc3)OCCO2)cc1. The smallest absolute Gasteiger partial charge is 0.196 e. The number of rotatable bonds is 7. The van der Waals surface area contributed by atoms with Crippen molar-refractivity contribution < 1.29 is 18.6 Å². The Balaban J connectivity index is 1.51. The van der Waals surface area contributed by atoms with Gasteiger partial charge in [-0.15, -0.1) is 0 Å². The van der Waals surface area contributed by atoms with Crippen molar-refractivity contribution in [2.75, 3.05) is 33.4 Å². The lowest BCUT2D eigenvalue weighted by Gasteiger charge is -2.39. The summed E-state index contributed by atoms with van der Waals surface area (Å²) in [4.78, 5) is 2.54. The van der Waals surface area contributed by atoms with Gasteiger partial charge in [-0.25, -0.2) is 4.39 Å². The van der Waals surface area contributed by atoms with Crippen LogP contribution in [-0.2, 0) is 21.7 Å². The molecule has 1 atom stereocenters. The van der Waals surface area contributed by atoms with Crippen LogP contribution in [0.1, 0.15) is 37.8 Å². The van der Waals surface area contributed by atoms with Crippen molar-refractivity contribution in [3.05, 3.63) is 76.6 Å². The fraction of sp³-hybridized carbons (Fsp3) is 0.462. The minimum absolute atomic E-state index is 0.247. The topological polar surface area (TPSA) is 30.9 Å². The van der Waals surface area contributed by atoms with Gasteiger partial charge in [0, 0.05) is 31.1 Å². The van der Waals surface area contributed by atoms with Crippen LogP contribution in [0, 0.1) is 5.82 Å². The number of ether oxygens (including phenoxy) is 3. The fourth-order valence-corrected chi connectivity index (χ4v) is 4.66. The van der Waals surface area contributed by atoms with Crippen LogP contribution in [0.2, 0.25) is 0 Å². The molecule has 166 valence electrons. The third kappa shape index (κ3) is 4.84. The van der Waals surface area contributed by atoms with Crippen molar-refractivity contribution in [3.8, 4) is 5.75 Å². The Morgan fingerprint density at radius 3 is 2.35 bits per heavy atom. The quantitative estimate of drug-likeness (QED) is 0.579. The molecule has 2 aromatic carbocycles. The van der Waals surface area contributed by atoms with E-state index in [0.29, 0.717) is 25.7 Å². The summed E-state index contributed by atoms with van der Waals surface area (Å²) in [7, 11) is 1.69. The van der Waals surface area contributed by atoms with Crippen molar-refractivity contribution in [1.82, 2.24) is 4.90 Å². The summed E-state index contributed by atoms with van der Waals surface area (Å²) in [6, 6.07) is 15.2. The number of hydrogen-bond donors (Lipinski definition) is 0. The molecule has 5 heteroatoms. The van der Waals surface area contributed by atoms with E-state index in [0.717, 1.165) is 37.2 Å². The molecule has 4 nitrogen and oxygen atoms in total. The maximum atomic E-state index is 13.5. The number of hydrogen-bond acceptors (Lipinski definition) is 4. The molecule has 1 unspecified atom stereocenters. The molecule has 0 aromatic heterocycles. The molecule has 1 fully saturated rings. The first-order chi connectivity index (χ1) is 15.0. The zero-order valence-corrected chi connectivity index (χ0v) is 18.7. The lowest BCUT2D eigenvalue weighted by Crippen LogP contribution is -2.44. The summed E-state index contributed by atoms with van der Waals surface area (Å²) in [5.74, 6) is -0.157. The van der Waals surface area contributed by atoms with Gasteiger partial charge in [0.1, 0.15) is 11.6 Å². The Bertz CT molecular complexity index is 901. The van der Waals surface area contributed by atoms with Gasteiger partial charge in [-0.1, -0.05) is 35.4 Å². The van der Waals surface area contributed by atoms with E-state index in [4.69, 9.17) is 14.2 Å². The number of methoxy groups -OCH3 is 1. The van der Waals surface area contributed by atoms with Gasteiger partial charge in [0.2, 0.25) is 0 Å². The monoisotopic (exact) mass is 425 g/mol. The normalized spacial score (nSPS) is 21.5. The van der Waals surface area contributed by atoms with Crippen LogP contribution in [0.4, 0.5) is 4.39 Å². The lowest BCUT2D eigenvalue weighted by atomic mass is 9.89. The van der Waals surface area contributed by atoms with E-state index in [1.165, 1.54) is 28.8 Å². The molecular formula is C26H32FNO3. The van der Waals surface area contributed by atoms with E-state index in [9.17, 15) is 4.39 Å². The first-order valence-electron chi connectivity index (χ1n) is 11.1. The molecule has 0 aliphatic carbocycles. The molecule has 31 heavy (non-hydrogen) atoms. The van der Waals surface area contributed by atoms with Gasteiger partial charge in [-0.2, -0.15) is 0 Å². The number of nitrogens with zero attached hydrogens (tertiary/aromatic N) is 1. The van der Waals surface area contributed by atoms with Gasteiger partial charge in [0.15, 0.2) is 5.79 Å². The Morgan fingerprint density at radius 1 is 1.03 bits per heavy atom. The zero-order chi connectivity index (χ0) is 21.8. The number of halogens is 1. The van der Waals surface area contributed by atoms with Crippen LogP contribution in [0.5, 0.6) is 5.75 Å². The molecule has 0 bridgehead atoms. The molecule has 2 heterocycles. The predicted octanol–water partition coefficient (Wildman–Crippen LogP) is 5.08. The lowest BCUT2D eigenvalue weighted by molar-refractivity contribution is -0.174. The average Bonchev–Trinajstić information content (AvgIpc) is 3.27. The van der Waals surface area contributed by atoms with Gasteiger partial charge < -0.3 is 14.2 Å². The maximum absolute atomic E-state index is 13.5. The highest BCUT2D eigenvalue weighted by Crippen LogP contribution is 2.36. The van der Waals surface area contributed by atoms with E-state index in [1.807, 2.05) is 12.1 Å². The second-order valence-corrected chi connectivity index (χ2v) is 8.52. The summed E-state index contributed by atoms with van der Waals surface area (Å²) in [5, 5.41) is 0. The second kappa shape index (κ2) is 9.51. The Kier molecular flexibility index (Phi) is 6.75. The van der Waals surface area contributed by atoms with Gasteiger partial charge in [-0.3, -0.25) is 4.90 Å². The molecule has 0 radical (unpaired) electrons. The van der Waals surface area contributed by atoms with Crippen LogP contribution in [0.3, 0.4) is 0 Å². The second-order valence-electron chi connectivity index (χ2n) is 8.52.